The Morgan fingerprint density at radius 3 is 2.72 bits per heavy atom. The predicted octanol–water partition coefficient (Wildman–Crippen LogP) is -0.202. The third-order valence-electron chi connectivity index (χ3n) is 2.28. The number of sulfonamides is 1. The highest BCUT2D eigenvalue weighted by Gasteiger charge is 2.02. The standard InChI is InChI=1S/C11H17N2O4S/c1-17-11-4-3-9(7-10(11)14)8-12-5-6-13-18(2,15)16/h3-4,7,12,14H,5-6,8H2,1-2H3/q-1/p+1. The molecule has 0 spiro atoms. The molecule has 1 aromatic carbocycles. The number of nitrogens with zero attached hydrogens (tertiary/aromatic N) is 1. The maximum absolute atomic E-state index is 10.8. The number of quaternary nitrogens is 1. The number of phenols is 1. The summed E-state index contributed by atoms with van der Waals surface area (Å²) in [5, 5.41) is 11.5. The summed E-state index contributed by atoms with van der Waals surface area (Å²) in [4.78, 5) is 0. The minimum atomic E-state index is -3.24. The number of methoxy groups -OCH3 is 1. The van der Waals surface area contributed by atoms with Crippen LogP contribution in [-0.2, 0) is 16.6 Å². The number of hydrogen-bond donors (Lipinski definition) is 2. The Kier molecular flexibility index (Phi) is 5.39. The average Bonchev–Trinajstić information content (AvgIpc) is 2.27. The molecule has 0 saturated carbocycles. The van der Waals surface area contributed by atoms with Gasteiger partial charge >= 0.3 is 0 Å². The smallest absolute Gasteiger partial charge is 0.160 e. The quantitative estimate of drug-likeness (QED) is 0.673. The lowest BCUT2D eigenvalue weighted by Crippen LogP contribution is -2.83. The second-order valence-corrected chi connectivity index (χ2v) is 5.60. The lowest BCUT2D eigenvalue weighted by atomic mass is 10.2. The zero-order valence-electron chi connectivity index (χ0n) is 10.5. The minimum Gasteiger partial charge on any atom is -0.545 e. The van der Waals surface area contributed by atoms with Gasteiger partial charge in [0.05, 0.1) is 23.7 Å². The molecule has 0 atom stereocenters. The fraction of sp³-hybridized carbons (Fsp3) is 0.455. The van der Waals surface area contributed by atoms with Gasteiger partial charge in [0.15, 0.2) is 11.5 Å². The molecule has 0 bridgehead atoms. The summed E-state index contributed by atoms with van der Waals surface area (Å²) in [6.07, 6.45) is 1.08. The van der Waals surface area contributed by atoms with Gasteiger partial charge in [-0.2, -0.15) is 0 Å². The normalized spacial score (nSPS) is 11.4. The number of nitrogens with two attached hydrogens (primary N) is 1. The molecule has 1 rings (SSSR count). The van der Waals surface area contributed by atoms with Gasteiger partial charge < -0.3 is 19.9 Å². The first-order valence-corrected chi connectivity index (χ1v) is 7.33. The van der Waals surface area contributed by atoms with Gasteiger partial charge in [-0.15, -0.1) is 0 Å². The fourth-order valence-electron chi connectivity index (χ4n) is 1.44. The highest BCUT2D eigenvalue weighted by Crippen LogP contribution is 2.25. The Balaban J connectivity index is 2.34. The molecule has 3 N–H and O–H groups in total. The van der Waals surface area contributed by atoms with Gasteiger partial charge in [-0.1, -0.05) is 6.54 Å². The van der Waals surface area contributed by atoms with Crippen molar-refractivity contribution in [1.82, 2.24) is 0 Å². The third-order valence-corrected chi connectivity index (χ3v) is 2.93. The highest BCUT2D eigenvalue weighted by molar-refractivity contribution is 7.93. The van der Waals surface area contributed by atoms with Gasteiger partial charge in [0.2, 0.25) is 0 Å². The molecule has 0 aliphatic heterocycles. The van der Waals surface area contributed by atoms with E-state index >= 15 is 0 Å². The van der Waals surface area contributed by atoms with Crippen LogP contribution in [0.5, 0.6) is 11.5 Å². The van der Waals surface area contributed by atoms with Crippen LogP contribution in [0.1, 0.15) is 5.56 Å². The van der Waals surface area contributed by atoms with Crippen molar-refractivity contribution in [3.63, 3.8) is 0 Å². The number of rotatable bonds is 7. The predicted molar refractivity (Wildman–Crippen MR) is 68.2 cm³/mol. The largest absolute Gasteiger partial charge is 0.545 e. The van der Waals surface area contributed by atoms with E-state index in [-0.39, 0.29) is 12.3 Å². The van der Waals surface area contributed by atoms with Crippen molar-refractivity contribution >= 4 is 10.0 Å². The van der Waals surface area contributed by atoms with E-state index in [1.807, 2.05) is 11.4 Å². The monoisotopic (exact) mass is 274 g/mol. The van der Waals surface area contributed by atoms with Crippen LogP contribution in [0.15, 0.2) is 18.2 Å². The van der Waals surface area contributed by atoms with Crippen molar-refractivity contribution in [3.05, 3.63) is 28.5 Å². The van der Waals surface area contributed by atoms with E-state index in [1.54, 1.807) is 12.1 Å². The first kappa shape index (κ1) is 14.7. The van der Waals surface area contributed by atoms with Crippen molar-refractivity contribution < 1.29 is 23.6 Å². The van der Waals surface area contributed by atoms with Crippen LogP contribution >= 0.6 is 0 Å². The fourth-order valence-corrected chi connectivity index (χ4v) is 1.88. The molecule has 0 aromatic heterocycles. The van der Waals surface area contributed by atoms with Gasteiger partial charge in [0, 0.05) is 11.8 Å². The van der Waals surface area contributed by atoms with Crippen LogP contribution in [0, 0.1) is 0 Å². The third kappa shape index (κ3) is 5.35. The summed E-state index contributed by atoms with van der Waals surface area (Å²) < 4.78 is 29.9. The summed E-state index contributed by atoms with van der Waals surface area (Å²) in [6, 6.07) is 5.17. The van der Waals surface area contributed by atoms with Crippen LogP contribution in [0.4, 0.5) is 0 Å². The first-order chi connectivity index (χ1) is 8.42. The van der Waals surface area contributed by atoms with Crippen LogP contribution in [0.3, 0.4) is 0 Å². The van der Waals surface area contributed by atoms with Gasteiger partial charge in [-0.05, 0) is 18.2 Å². The molecule has 0 amide bonds. The van der Waals surface area contributed by atoms with E-state index in [0.29, 0.717) is 18.8 Å². The van der Waals surface area contributed by atoms with Gasteiger partial charge in [0.25, 0.3) is 0 Å². The SMILES string of the molecule is COc1ccc(C[NH2+]CC[N-]S(C)(=O)=O)cc1O. The molecule has 0 radical (unpaired) electrons. The van der Waals surface area contributed by atoms with Crippen LogP contribution < -0.4 is 10.1 Å². The average molecular weight is 274 g/mol. The second-order valence-electron chi connectivity index (χ2n) is 3.87. The van der Waals surface area contributed by atoms with Crippen LogP contribution in [0.2, 0.25) is 0 Å². The number of benzene rings is 1. The molecule has 0 heterocycles. The Hall–Kier alpha value is -1.31. The molecule has 0 unspecified atom stereocenters. The van der Waals surface area contributed by atoms with E-state index in [1.165, 1.54) is 7.11 Å². The van der Waals surface area contributed by atoms with Crippen molar-refractivity contribution in [2.75, 3.05) is 26.5 Å². The second kappa shape index (κ2) is 6.58. The highest BCUT2D eigenvalue weighted by atomic mass is 32.2. The van der Waals surface area contributed by atoms with E-state index in [0.717, 1.165) is 11.8 Å². The topological polar surface area (TPSA) is 94.3 Å². The van der Waals surface area contributed by atoms with Crippen molar-refractivity contribution in [2.45, 2.75) is 6.54 Å². The summed E-state index contributed by atoms with van der Waals surface area (Å²) >= 11 is 0. The van der Waals surface area contributed by atoms with Crippen LogP contribution in [-0.4, -0.2) is 40.0 Å². The molecule has 0 fully saturated rings. The molecule has 1 aromatic rings. The Bertz CT molecular complexity index is 488. The van der Waals surface area contributed by atoms with E-state index in [9.17, 15) is 13.5 Å². The zero-order valence-corrected chi connectivity index (χ0v) is 11.3. The van der Waals surface area contributed by atoms with Crippen molar-refractivity contribution in [2.24, 2.45) is 0 Å². The van der Waals surface area contributed by atoms with Crippen molar-refractivity contribution in [3.8, 4) is 11.5 Å². The summed E-state index contributed by atoms with van der Waals surface area (Å²) in [5.41, 5.74) is 0.938. The summed E-state index contributed by atoms with van der Waals surface area (Å²) in [5.74, 6) is 0.537. The van der Waals surface area contributed by atoms with E-state index in [2.05, 4.69) is 4.72 Å². The van der Waals surface area contributed by atoms with E-state index in [4.69, 9.17) is 4.74 Å². The maximum Gasteiger partial charge on any atom is 0.160 e. The van der Waals surface area contributed by atoms with Gasteiger partial charge in [0.1, 0.15) is 6.54 Å². The molecule has 0 saturated heterocycles. The molecule has 6 nitrogen and oxygen atoms in total. The summed E-state index contributed by atoms with van der Waals surface area (Å²) in [7, 11) is -1.74. The zero-order chi connectivity index (χ0) is 13.6. The number of ether oxygens (including phenoxy) is 1. The van der Waals surface area contributed by atoms with Crippen molar-refractivity contribution in [1.29, 1.82) is 0 Å². The lowest BCUT2D eigenvalue weighted by molar-refractivity contribution is -0.667. The Morgan fingerprint density at radius 1 is 1.44 bits per heavy atom. The number of aromatic hydroxyl groups is 1. The Morgan fingerprint density at radius 2 is 2.17 bits per heavy atom. The van der Waals surface area contributed by atoms with E-state index < -0.39 is 10.0 Å². The lowest BCUT2D eigenvalue weighted by Gasteiger charge is -2.14. The molecule has 0 aliphatic carbocycles. The number of hydrogen-bond acceptors (Lipinski definition) is 4. The molecule has 0 aliphatic rings. The molecular formula is C11H18N2O4S. The first-order valence-electron chi connectivity index (χ1n) is 5.48. The van der Waals surface area contributed by atoms with Crippen LogP contribution in [0.25, 0.3) is 4.72 Å². The minimum absolute atomic E-state index is 0.101. The molecule has 18 heavy (non-hydrogen) atoms. The number of phenolic OH excluding ortho intramolecular Hbond substituents is 1. The molecule has 102 valence electrons. The summed E-state index contributed by atoms with van der Waals surface area (Å²) in [6.45, 7) is 1.50. The van der Waals surface area contributed by atoms with Gasteiger partial charge in [-0.25, -0.2) is 8.42 Å². The van der Waals surface area contributed by atoms with Gasteiger partial charge in [-0.3, -0.25) is 0 Å². The Labute approximate surface area is 107 Å². The molecule has 7 heteroatoms. The molecular weight excluding hydrogens is 256 g/mol. The maximum atomic E-state index is 10.8.